The molecule has 0 aliphatic rings. The molecular weight excluding hydrogens is 254 g/mol. The predicted octanol–water partition coefficient (Wildman–Crippen LogP) is 1.37. The molecule has 0 atom stereocenters. The van der Waals surface area contributed by atoms with Crippen LogP contribution < -0.4 is 11.1 Å². The van der Waals surface area contributed by atoms with Crippen molar-refractivity contribution in [2.45, 2.75) is 26.7 Å². The van der Waals surface area contributed by atoms with Crippen molar-refractivity contribution in [1.29, 1.82) is 0 Å². The Morgan fingerprint density at radius 3 is 2.85 bits per heavy atom. The molecule has 106 valence electrons. The number of aryl methyl sites for hydroxylation is 3. The van der Waals surface area contributed by atoms with Crippen LogP contribution in [0.5, 0.6) is 0 Å². The second-order valence-corrected chi connectivity index (χ2v) is 4.82. The summed E-state index contributed by atoms with van der Waals surface area (Å²) < 4.78 is 0. The van der Waals surface area contributed by atoms with Crippen molar-refractivity contribution in [1.82, 2.24) is 20.5 Å². The van der Waals surface area contributed by atoms with E-state index in [0.717, 1.165) is 29.8 Å². The van der Waals surface area contributed by atoms with Gasteiger partial charge in [-0.25, -0.2) is 4.98 Å². The number of anilines is 1. The van der Waals surface area contributed by atoms with E-state index >= 15 is 0 Å². The van der Waals surface area contributed by atoms with Crippen LogP contribution >= 0.6 is 0 Å². The zero-order chi connectivity index (χ0) is 14.5. The largest absolute Gasteiger partial charge is 0.398 e. The number of hydrogen-bond acceptors (Lipinski definition) is 4. The third-order valence-electron chi connectivity index (χ3n) is 3.20. The molecule has 0 unspecified atom stereocenters. The molecule has 0 saturated carbocycles. The van der Waals surface area contributed by atoms with E-state index in [0.29, 0.717) is 17.8 Å². The lowest BCUT2D eigenvalue weighted by Crippen LogP contribution is -2.25. The van der Waals surface area contributed by atoms with E-state index in [-0.39, 0.29) is 5.91 Å². The topological polar surface area (TPSA) is 96.7 Å². The number of nitrogens with one attached hydrogen (secondary N) is 2. The molecule has 6 nitrogen and oxygen atoms in total. The van der Waals surface area contributed by atoms with Crippen molar-refractivity contribution < 1.29 is 4.79 Å². The molecule has 0 bridgehead atoms. The molecule has 6 heteroatoms. The average Bonchev–Trinajstić information content (AvgIpc) is 2.92. The number of rotatable bonds is 5. The molecule has 0 fully saturated rings. The van der Waals surface area contributed by atoms with Gasteiger partial charge >= 0.3 is 0 Å². The molecule has 2 aromatic rings. The maximum absolute atomic E-state index is 12.1. The minimum atomic E-state index is -0.0910. The van der Waals surface area contributed by atoms with Gasteiger partial charge in [0.15, 0.2) is 0 Å². The van der Waals surface area contributed by atoms with Crippen LogP contribution in [-0.2, 0) is 6.42 Å². The molecule has 0 aliphatic carbocycles. The Morgan fingerprint density at radius 2 is 2.15 bits per heavy atom. The number of nitrogens with two attached hydrogens (primary N) is 1. The fourth-order valence-corrected chi connectivity index (χ4v) is 2.02. The molecule has 0 saturated heterocycles. The monoisotopic (exact) mass is 273 g/mol. The van der Waals surface area contributed by atoms with Gasteiger partial charge in [0.1, 0.15) is 12.2 Å². The van der Waals surface area contributed by atoms with Gasteiger partial charge < -0.3 is 11.1 Å². The first-order valence-electron chi connectivity index (χ1n) is 6.57. The first-order chi connectivity index (χ1) is 9.58. The minimum Gasteiger partial charge on any atom is -0.398 e. The number of aromatic nitrogens is 3. The molecule has 0 aliphatic heterocycles. The van der Waals surface area contributed by atoms with Crippen LogP contribution in [0.4, 0.5) is 5.69 Å². The zero-order valence-corrected chi connectivity index (χ0v) is 11.7. The lowest BCUT2D eigenvalue weighted by atomic mass is 10.0. The van der Waals surface area contributed by atoms with Crippen LogP contribution in [0.2, 0.25) is 0 Å². The number of carbonyl (C=O) groups excluding carboxylic acids is 1. The van der Waals surface area contributed by atoms with E-state index in [1.165, 1.54) is 6.33 Å². The van der Waals surface area contributed by atoms with Gasteiger partial charge in [-0.15, -0.1) is 0 Å². The van der Waals surface area contributed by atoms with Gasteiger partial charge in [0.25, 0.3) is 5.91 Å². The molecular formula is C14H19N5O. The number of H-pyrrole nitrogens is 1. The van der Waals surface area contributed by atoms with Crippen LogP contribution in [0.3, 0.4) is 0 Å². The van der Waals surface area contributed by atoms with Crippen molar-refractivity contribution in [2.24, 2.45) is 0 Å². The quantitative estimate of drug-likeness (QED) is 0.566. The number of nitrogens with zero attached hydrogens (tertiary/aromatic N) is 2. The second-order valence-electron chi connectivity index (χ2n) is 4.82. The molecule has 1 aromatic heterocycles. The number of amides is 1. The van der Waals surface area contributed by atoms with Crippen LogP contribution in [0.25, 0.3) is 0 Å². The SMILES string of the molecule is Cc1cc(C)c(C(=O)NCCCc2ncn[nH]2)cc1N. The predicted molar refractivity (Wildman–Crippen MR) is 77.4 cm³/mol. The molecule has 0 spiro atoms. The summed E-state index contributed by atoms with van der Waals surface area (Å²) in [6, 6.07) is 3.66. The highest BCUT2D eigenvalue weighted by molar-refractivity contribution is 5.96. The Hall–Kier alpha value is -2.37. The zero-order valence-electron chi connectivity index (χ0n) is 11.7. The van der Waals surface area contributed by atoms with Crippen molar-refractivity contribution in [2.75, 3.05) is 12.3 Å². The van der Waals surface area contributed by atoms with Gasteiger partial charge in [0, 0.05) is 24.2 Å². The van der Waals surface area contributed by atoms with Crippen LogP contribution in [0.1, 0.15) is 33.7 Å². The van der Waals surface area contributed by atoms with E-state index in [1.54, 1.807) is 6.07 Å². The van der Waals surface area contributed by atoms with Gasteiger partial charge in [0.2, 0.25) is 0 Å². The first kappa shape index (κ1) is 14.0. The number of benzene rings is 1. The summed E-state index contributed by atoms with van der Waals surface area (Å²) in [6.45, 7) is 4.43. The van der Waals surface area contributed by atoms with Crippen LogP contribution in [0, 0.1) is 13.8 Å². The Kier molecular flexibility index (Phi) is 4.34. The Balaban J connectivity index is 1.87. The van der Waals surface area contributed by atoms with Crippen LogP contribution in [-0.4, -0.2) is 27.6 Å². The highest BCUT2D eigenvalue weighted by Crippen LogP contribution is 2.17. The van der Waals surface area contributed by atoms with E-state index in [9.17, 15) is 4.79 Å². The Bertz CT molecular complexity index is 592. The van der Waals surface area contributed by atoms with E-state index < -0.39 is 0 Å². The number of carbonyl (C=O) groups is 1. The Labute approximate surface area is 117 Å². The average molecular weight is 273 g/mol. The minimum absolute atomic E-state index is 0.0910. The smallest absolute Gasteiger partial charge is 0.251 e. The Morgan fingerprint density at radius 1 is 1.35 bits per heavy atom. The van der Waals surface area contributed by atoms with Crippen molar-refractivity contribution in [3.8, 4) is 0 Å². The lowest BCUT2D eigenvalue weighted by molar-refractivity contribution is 0.0952. The second kappa shape index (κ2) is 6.18. The third kappa shape index (κ3) is 3.34. The van der Waals surface area contributed by atoms with Gasteiger partial charge in [-0.3, -0.25) is 9.89 Å². The molecule has 2 rings (SSSR count). The summed E-state index contributed by atoms with van der Waals surface area (Å²) in [5.41, 5.74) is 9.05. The number of nitrogen functional groups attached to an aromatic ring is 1. The van der Waals surface area contributed by atoms with Gasteiger partial charge in [-0.2, -0.15) is 5.10 Å². The maximum atomic E-state index is 12.1. The summed E-state index contributed by atoms with van der Waals surface area (Å²) in [5, 5.41) is 9.46. The molecule has 4 N–H and O–H groups in total. The molecule has 1 amide bonds. The molecule has 1 aromatic carbocycles. The maximum Gasteiger partial charge on any atom is 0.251 e. The lowest BCUT2D eigenvalue weighted by Gasteiger charge is -2.10. The summed E-state index contributed by atoms with van der Waals surface area (Å²) in [7, 11) is 0. The van der Waals surface area contributed by atoms with Crippen molar-refractivity contribution in [3.05, 3.63) is 41.0 Å². The highest BCUT2D eigenvalue weighted by atomic mass is 16.1. The molecule has 0 radical (unpaired) electrons. The van der Waals surface area contributed by atoms with Gasteiger partial charge in [-0.1, -0.05) is 6.07 Å². The summed E-state index contributed by atoms with van der Waals surface area (Å²) in [4.78, 5) is 16.1. The van der Waals surface area contributed by atoms with Crippen molar-refractivity contribution in [3.63, 3.8) is 0 Å². The summed E-state index contributed by atoms with van der Waals surface area (Å²) in [6.07, 6.45) is 3.04. The third-order valence-corrected chi connectivity index (χ3v) is 3.20. The van der Waals surface area contributed by atoms with E-state index in [1.807, 2.05) is 19.9 Å². The van der Waals surface area contributed by atoms with E-state index in [4.69, 9.17) is 5.73 Å². The fraction of sp³-hybridized carbons (Fsp3) is 0.357. The number of hydrogen-bond donors (Lipinski definition) is 3. The first-order valence-corrected chi connectivity index (χ1v) is 6.57. The molecule has 1 heterocycles. The summed E-state index contributed by atoms with van der Waals surface area (Å²) in [5.74, 6) is 0.738. The molecule has 20 heavy (non-hydrogen) atoms. The van der Waals surface area contributed by atoms with Crippen LogP contribution in [0.15, 0.2) is 18.5 Å². The number of aromatic amines is 1. The fourth-order valence-electron chi connectivity index (χ4n) is 2.02. The van der Waals surface area contributed by atoms with Gasteiger partial charge in [0.05, 0.1) is 0 Å². The van der Waals surface area contributed by atoms with Crippen molar-refractivity contribution >= 4 is 11.6 Å². The standard InChI is InChI=1S/C14H19N5O/c1-9-6-10(2)12(15)7-11(9)14(20)16-5-3-4-13-17-8-18-19-13/h6-8H,3-5,15H2,1-2H3,(H,16,20)(H,17,18,19). The van der Waals surface area contributed by atoms with Gasteiger partial charge in [-0.05, 0) is 37.5 Å². The van der Waals surface area contributed by atoms with E-state index in [2.05, 4.69) is 20.5 Å². The highest BCUT2D eigenvalue weighted by Gasteiger charge is 2.10. The summed E-state index contributed by atoms with van der Waals surface area (Å²) >= 11 is 0. The normalized spacial score (nSPS) is 10.5.